The van der Waals surface area contributed by atoms with Crippen LogP contribution >= 0.6 is 0 Å². The third-order valence-corrected chi connectivity index (χ3v) is 6.88. The number of alkyl halides is 3. The maximum absolute atomic E-state index is 14.2. The SMILES string of the molecule is Cc1cccc(C)c1-n1c(-c2ccccc2)nc(C(F)(F)F)c1S(=O)(=O)c1ccccc1. The van der Waals surface area contributed by atoms with Crippen LogP contribution in [0, 0.1) is 13.8 Å². The number of sulfone groups is 1. The van der Waals surface area contributed by atoms with Crippen molar-refractivity contribution in [2.45, 2.75) is 29.9 Å². The summed E-state index contributed by atoms with van der Waals surface area (Å²) in [5, 5.41) is -0.896. The number of hydrogen-bond acceptors (Lipinski definition) is 3. The molecule has 0 saturated heterocycles. The lowest BCUT2D eigenvalue weighted by Crippen LogP contribution is -2.17. The van der Waals surface area contributed by atoms with Crippen LogP contribution in [0.2, 0.25) is 0 Å². The number of rotatable bonds is 4. The molecular formula is C24H19F3N2O2S. The molecule has 1 aromatic heterocycles. The third kappa shape index (κ3) is 3.71. The van der Waals surface area contributed by atoms with Gasteiger partial charge in [-0.2, -0.15) is 13.2 Å². The molecule has 0 saturated carbocycles. The van der Waals surface area contributed by atoms with Crippen molar-refractivity contribution in [3.05, 3.63) is 95.7 Å². The van der Waals surface area contributed by atoms with Gasteiger partial charge in [0.25, 0.3) is 0 Å². The summed E-state index contributed by atoms with van der Waals surface area (Å²) in [6.07, 6.45) is -4.98. The van der Waals surface area contributed by atoms with Crippen LogP contribution in [0.5, 0.6) is 0 Å². The molecule has 4 aromatic rings. The van der Waals surface area contributed by atoms with E-state index in [4.69, 9.17) is 0 Å². The van der Waals surface area contributed by atoms with Crippen LogP contribution in [0.3, 0.4) is 0 Å². The predicted octanol–water partition coefficient (Wildman–Crippen LogP) is 6.01. The Morgan fingerprint density at radius 2 is 1.31 bits per heavy atom. The molecular weight excluding hydrogens is 437 g/mol. The zero-order valence-corrected chi connectivity index (χ0v) is 18.1. The summed E-state index contributed by atoms with van der Waals surface area (Å²) >= 11 is 0. The van der Waals surface area contributed by atoms with E-state index in [1.807, 2.05) is 0 Å². The second-order valence-corrected chi connectivity index (χ2v) is 9.21. The fourth-order valence-corrected chi connectivity index (χ4v) is 5.27. The van der Waals surface area contributed by atoms with Gasteiger partial charge in [-0.1, -0.05) is 66.7 Å². The molecule has 3 aromatic carbocycles. The summed E-state index contributed by atoms with van der Waals surface area (Å²) in [5.74, 6) is -0.0927. The first kappa shape index (κ1) is 21.8. The van der Waals surface area contributed by atoms with Crippen molar-refractivity contribution in [1.82, 2.24) is 9.55 Å². The predicted molar refractivity (Wildman–Crippen MR) is 115 cm³/mol. The van der Waals surface area contributed by atoms with Crippen molar-refractivity contribution in [2.24, 2.45) is 0 Å². The number of hydrogen-bond donors (Lipinski definition) is 0. The zero-order chi connectivity index (χ0) is 23.1. The molecule has 0 fully saturated rings. The largest absolute Gasteiger partial charge is 0.436 e. The van der Waals surface area contributed by atoms with Gasteiger partial charge in [-0.05, 0) is 37.1 Å². The van der Waals surface area contributed by atoms with Crippen LogP contribution < -0.4 is 0 Å². The normalized spacial score (nSPS) is 12.2. The minimum absolute atomic E-state index is 0.0927. The van der Waals surface area contributed by atoms with Gasteiger partial charge in [-0.3, -0.25) is 4.57 Å². The Bertz CT molecular complexity index is 1360. The molecule has 0 aliphatic heterocycles. The molecule has 0 unspecified atom stereocenters. The molecule has 4 rings (SSSR count). The summed E-state index contributed by atoms with van der Waals surface area (Å²) in [5.41, 5.74) is 0.525. The standard InChI is InChI=1S/C24H19F3N2O2S/c1-16-10-9-11-17(2)20(16)29-22(18-12-5-3-6-13-18)28-21(24(25,26)27)23(29)32(30,31)19-14-7-4-8-15-19/h3-15H,1-2H3. The molecule has 1 heterocycles. The highest BCUT2D eigenvalue weighted by Crippen LogP contribution is 2.41. The van der Waals surface area contributed by atoms with Gasteiger partial charge < -0.3 is 0 Å². The van der Waals surface area contributed by atoms with Gasteiger partial charge in [0, 0.05) is 5.56 Å². The summed E-state index contributed by atoms with van der Waals surface area (Å²) < 4.78 is 70.9. The highest BCUT2D eigenvalue weighted by atomic mass is 32.2. The number of aromatic nitrogens is 2. The van der Waals surface area contributed by atoms with Gasteiger partial charge in [0.2, 0.25) is 9.84 Å². The minimum atomic E-state index is -4.98. The van der Waals surface area contributed by atoms with E-state index >= 15 is 0 Å². The smallest absolute Gasteiger partial charge is 0.282 e. The highest BCUT2D eigenvalue weighted by Gasteiger charge is 2.44. The average molecular weight is 456 g/mol. The van der Waals surface area contributed by atoms with Gasteiger partial charge >= 0.3 is 6.18 Å². The summed E-state index contributed by atoms with van der Waals surface area (Å²) in [4.78, 5) is 3.62. The van der Waals surface area contributed by atoms with Gasteiger partial charge in [-0.15, -0.1) is 0 Å². The Morgan fingerprint density at radius 1 is 0.781 bits per heavy atom. The maximum Gasteiger partial charge on any atom is 0.436 e. The van der Waals surface area contributed by atoms with E-state index in [1.165, 1.54) is 24.3 Å². The van der Waals surface area contributed by atoms with Crippen molar-refractivity contribution in [3.63, 3.8) is 0 Å². The van der Waals surface area contributed by atoms with Gasteiger partial charge in [0.1, 0.15) is 5.82 Å². The lowest BCUT2D eigenvalue weighted by molar-refractivity contribution is -0.143. The zero-order valence-electron chi connectivity index (χ0n) is 17.3. The number of imidazole rings is 1. The Labute approximate surface area is 183 Å². The van der Waals surface area contributed by atoms with Crippen LogP contribution in [0.25, 0.3) is 17.1 Å². The lowest BCUT2D eigenvalue weighted by Gasteiger charge is -2.18. The fraction of sp³-hybridized carbons (Fsp3) is 0.125. The molecule has 164 valence electrons. The van der Waals surface area contributed by atoms with Crippen molar-refractivity contribution < 1.29 is 21.6 Å². The molecule has 4 nitrogen and oxygen atoms in total. The second-order valence-electron chi connectivity index (χ2n) is 7.35. The van der Waals surface area contributed by atoms with Crippen LogP contribution in [-0.2, 0) is 16.0 Å². The van der Waals surface area contributed by atoms with Crippen molar-refractivity contribution in [3.8, 4) is 17.1 Å². The van der Waals surface area contributed by atoms with Crippen LogP contribution in [0.15, 0.2) is 88.8 Å². The monoisotopic (exact) mass is 456 g/mol. The molecule has 0 amide bonds. The molecule has 0 bridgehead atoms. The van der Waals surface area contributed by atoms with Gasteiger partial charge in [0.05, 0.1) is 10.6 Å². The number of aryl methyl sites for hydroxylation is 2. The van der Waals surface area contributed by atoms with Gasteiger partial charge in [0.15, 0.2) is 10.7 Å². The highest BCUT2D eigenvalue weighted by molar-refractivity contribution is 7.91. The Morgan fingerprint density at radius 3 is 1.84 bits per heavy atom. The third-order valence-electron chi connectivity index (χ3n) is 5.11. The first-order valence-electron chi connectivity index (χ1n) is 9.74. The number of halogens is 3. The number of para-hydroxylation sites is 1. The first-order valence-corrected chi connectivity index (χ1v) is 11.2. The van der Waals surface area contributed by atoms with E-state index in [0.717, 1.165) is 4.57 Å². The Balaban J connectivity index is 2.21. The molecule has 8 heteroatoms. The summed E-state index contributed by atoms with van der Waals surface area (Å²) in [6, 6.07) is 20.6. The number of nitrogens with zero attached hydrogens (tertiary/aromatic N) is 2. The average Bonchev–Trinajstić information content (AvgIpc) is 3.16. The summed E-state index contributed by atoms with van der Waals surface area (Å²) in [7, 11) is -4.57. The van der Waals surface area contributed by atoms with Gasteiger partial charge in [-0.25, -0.2) is 13.4 Å². The van der Waals surface area contributed by atoms with E-state index in [9.17, 15) is 21.6 Å². The van der Waals surface area contributed by atoms with E-state index in [0.29, 0.717) is 22.4 Å². The van der Waals surface area contributed by atoms with Crippen LogP contribution in [0.4, 0.5) is 13.2 Å². The Kier molecular flexibility index (Phi) is 5.42. The van der Waals surface area contributed by atoms with E-state index in [1.54, 1.807) is 68.4 Å². The minimum Gasteiger partial charge on any atom is -0.282 e. The lowest BCUT2D eigenvalue weighted by atomic mass is 10.1. The molecule has 0 N–H and O–H groups in total. The summed E-state index contributed by atoms with van der Waals surface area (Å²) in [6.45, 7) is 3.45. The fourth-order valence-electron chi connectivity index (χ4n) is 3.70. The van der Waals surface area contributed by atoms with Crippen molar-refractivity contribution >= 4 is 9.84 Å². The quantitative estimate of drug-likeness (QED) is 0.378. The number of benzene rings is 3. The first-order chi connectivity index (χ1) is 15.1. The van der Waals surface area contributed by atoms with Crippen LogP contribution in [-0.4, -0.2) is 18.0 Å². The molecule has 0 spiro atoms. The topological polar surface area (TPSA) is 52.0 Å². The van der Waals surface area contributed by atoms with Crippen molar-refractivity contribution in [1.29, 1.82) is 0 Å². The van der Waals surface area contributed by atoms with Crippen LogP contribution in [0.1, 0.15) is 16.8 Å². The van der Waals surface area contributed by atoms with E-state index in [2.05, 4.69) is 4.98 Å². The molecule has 32 heavy (non-hydrogen) atoms. The van der Waals surface area contributed by atoms with E-state index < -0.39 is 26.7 Å². The van der Waals surface area contributed by atoms with E-state index in [-0.39, 0.29) is 10.7 Å². The molecule has 0 aliphatic rings. The molecule has 0 radical (unpaired) electrons. The van der Waals surface area contributed by atoms with Crippen molar-refractivity contribution in [2.75, 3.05) is 0 Å². The molecule has 0 atom stereocenters. The Hall–Kier alpha value is -3.39. The molecule has 0 aliphatic carbocycles. The maximum atomic E-state index is 14.2. The second kappa shape index (κ2) is 7.94.